The summed E-state index contributed by atoms with van der Waals surface area (Å²) in [7, 11) is 0. The van der Waals surface area contributed by atoms with Crippen LogP contribution in [0.15, 0.2) is 0 Å². The highest BCUT2D eigenvalue weighted by atomic mass is 16.5. The van der Waals surface area contributed by atoms with Gasteiger partial charge >= 0.3 is 0 Å². The molecule has 2 N–H and O–H groups in total. The van der Waals surface area contributed by atoms with E-state index in [1.807, 2.05) is 6.92 Å². The number of hydrogen-bond donors (Lipinski definition) is 2. The molecule has 0 spiro atoms. The molecule has 1 aliphatic rings. The molecule has 1 saturated heterocycles. The largest absolute Gasteiger partial charge is 0.393 e. The summed E-state index contributed by atoms with van der Waals surface area (Å²) in [5, 5.41) is 12.1. The standard InChI is InChI=1S/C11H21NO3/c1-8(7-9(2)13)12-11(14)10-3-5-15-6-4-10/h8-10,13H,3-7H2,1-2H3,(H,12,14). The average molecular weight is 215 g/mol. The molecule has 4 heteroatoms. The van der Waals surface area contributed by atoms with E-state index >= 15 is 0 Å². The Hall–Kier alpha value is -0.610. The second-order valence-electron chi connectivity index (χ2n) is 4.38. The maximum absolute atomic E-state index is 11.7. The van der Waals surface area contributed by atoms with E-state index in [2.05, 4.69) is 5.32 Å². The fourth-order valence-electron chi connectivity index (χ4n) is 1.89. The van der Waals surface area contributed by atoms with Crippen LogP contribution in [0.5, 0.6) is 0 Å². The van der Waals surface area contributed by atoms with Crippen LogP contribution in [0, 0.1) is 5.92 Å². The van der Waals surface area contributed by atoms with E-state index in [0.717, 1.165) is 12.8 Å². The van der Waals surface area contributed by atoms with Gasteiger partial charge in [-0.1, -0.05) is 0 Å². The molecule has 0 bridgehead atoms. The first-order valence-corrected chi connectivity index (χ1v) is 5.65. The van der Waals surface area contributed by atoms with Gasteiger partial charge < -0.3 is 15.2 Å². The highest BCUT2D eigenvalue weighted by Crippen LogP contribution is 2.15. The second-order valence-corrected chi connectivity index (χ2v) is 4.38. The Balaban J connectivity index is 2.27. The van der Waals surface area contributed by atoms with Gasteiger partial charge in [0, 0.05) is 25.2 Å². The number of ether oxygens (including phenoxy) is 1. The fraction of sp³-hybridized carbons (Fsp3) is 0.909. The Morgan fingerprint density at radius 2 is 2.07 bits per heavy atom. The summed E-state index contributed by atoms with van der Waals surface area (Å²) in [6, 6.07) is 0.0420. The number of amides is 1. The van der Waals surface area contributed by atoms with Crippen LogP contribution < -0.4 is 5.32 Å². The van der Waals surface area contributed by atoms with Gasteiger partial charge in [0.25, 0.3) is 0 Å². The lowest BCUT2D eigenvalue weighted by Crippen LogP contribution is -2.40. The van der Waals surface area contributed by atoms with Crippen molar-refractivity contribution in [2.45, 2.75) is 45.3 Å². The highest BCUT2D eigenvalue weighted by molar-refractivity contribution is 5.78. The number of aliphatic hydroxyl groups is 1. The number of hydrogen-bond acceptors (Lipinski definition) is 3. The van der Waals surface area contributed by atoms with Crippen molar-refractivity contribution in [2.75, 3.05) is 13.2 Å². The smallest absolute Gasteiger partial charge is 0.223 e. The Labute approximate surface area is 91.0 Å². The first kappa shape index (κ1) is 12.5. The topological polar surface area (TPSA) is 58.6 Å². The minimum absolute atomic E-state index is 0.0420. The predicted octanol–water partition coefficient (Wildman–Crippen LogP) is 0.689. The van der Waals surface area contributed by atoms with Gasteiger partial charge in [0.2, 0.25) is 5.91 Å². The van der Waals surface area contributed by atoms with Gasteiger partial charge in [-0.05, 0) is 33.1 Å². The maximum atomic E-state index is 11.7. The van der Waals surface area contributed by atoms with Crippen molar-refractivity contribution < 1.29 is 14.6 Å². The summed E-state index contributed by atoms with van der Waals surface area (Å²) in [4.78, 5) is 11.7. The zero-order valence-electron chi connectivity index (χ0n) is 9.53. The van der Waals surface area contributed by atoms with Gasteiger partial charge in [-0.15, -0.1) is 0 Å². The van der Waals surface area contributed by atoms with Crippen LogP contribution in [0.25, 0.3) is 0 Å². The number of rotatable bonds is 4. The molecule has 1 amide bonds. The van der Waals surface area contributed by atoms with Gasteiger partial charge in [-0.2, -0.15) is 0 Å². The maximum Gasteiger partial charge on any atom is 0.223 e. The molecule has 0 saturated carbocycles. The molecule has 15 heavy (non-hydrogen) atoms. The molecule has 2 atom stereocenters. The minimum atomic E-state index is -0.366. The van der Waals surface area contributed by atoms with Crippen LogP contribution in [0.1, 0.15) is 33.1 Å². The molecule has 1 heterocycles. The van der Waals surface area contributed by atoms with Gasteiger partial charge in [-0.3, -0.25) is 4.79 Å². The molecule has 0 aliphatic carbocycles. The zero-order valence-corrected chi connectivity index (χ0v) is 9.53. The van der Waals surface area contributed by atoms with E-state index in [1.165, 1.54) is 0 Å². The van der Waals surface area contributed by atoms with E-state index in [4.69, 9.17) is 4.74 Å². The van der Waals surface area contributed by atoms with Crippen LogP contribution in [0.3, 0.4) is 0 Å². The van der Waals surface area contributed by atoms with E-state index in [-0.39, 0.29) is 24.0 Å². The molecular weight excluding hydrogens is 194 g/mol. The molecular formula is C11H21NO3. The van der Waals surface area contributed by atoms with Crippen molar-refractivity contribution in [3.8, 4) is 0 Å². The Morgan fingerprint density at radius 3 is 2.60 bits per heavy atom. The van der Waals surface area contributed by atoms with E-state index in [0.29, 0.717) is 19.6 Å². The van der Waals surface area contributed by atoms with Crippen molar-refractivity contribution in [3.05, 3.63) is 0 Å². The zero-order chi connectivity index (χ0) is 11.3. The van der Waals surface area contributed by atoms with Crippen molar-refractivity contribution in [3.63, 3.8) is 0 Å². The first-order chi connectivity index (χ1) is 7.09. The van der Waals surface area contributed by atoms with Crippen LogP contribution >= 0.6 is 0 Å². The Bertz CT molecular complexity index is 200. The Morgan fingerprint density at radius 1 is 1.47 bits per heavy atom. The third-order valence-electron chi connectivity index (χ3n) is 2.68. The summed E-state index contributed by atoms with van der Waals surface area (Å²) in [6.45, 7) is 5.02. The molecule has 1 rings (SSSR count). The molecule has 4 nitrogen and oxygen atoms in total. The highest BCUT2D eigenvalue weighted by Gasteiger charge is 2.22. The second kappa shape index (κ2) is 6.08. The number of carbonyl (C=O) groups is 1. The summed E-state index contributed by atoms with van der Waals surface area (Å²) in [5.74, 6) is 0.196. The fourth-order valence-corrected chi connectivity index (χ4v) is 1.89. The average Bonchev–Trinajstić information content (AvgIpc) is 2.17. The molecule has 1 fully saturated rings. The summed E-state index contributed by atoms with van der Waals surface area (Å²) >= 11 is 0. The van der Waals surface area contributed by atoms with Gasteiger partial charge in [0.15, 0.2) is 0 Å². The molecule has 88 valence electrons. The normalized spacial score (nSPS) is 22.1. The van der Waals surface area contributed by atoms with Gasteiger partial charge in [0.1, 0.15) is 0 Å². The van der Waals surface area contributed by atoms with E-state index in [1.54, 1.807) is 6.92 Å². The van der Waals surface area contributed by atoms with Gasteiger partial charge in [-0.25, -0.2) is 0 Å². The molecule has 0 aromatic carbocycles. The van der Waals surface area contributed by atoms with Crippen molar-refractivity contribution in [1.82, 2.24) is 5.32 Å². The Kier molecular flexibility index (Phi) is 5.05. The van der Waals surface area contributed by atoms with Crippen LogP contribution in [0.4, 0.5) is 0 Å². The van der Waals surface area contributed by atoms with Crippen LogP contribution in [-0.2, 0) is 9.53 Å². The minimum Gasteiger partial charge on any atom is -0.393 e. The summed E-state index contributed by atoms with van der Waals surface area (Å²) < 4.78 is 5.20. The number of aliphatic hydroxyl groups excluding tert-OH is 1. The van der Waals surface area contributed by atoms with Crippen LogP contribution in [-0.4, -0.2) is 36.4 Å². The van der Waals surface area contributed by atoms with E-state index in [9.17, 15) is 9.90 Å². The summed E-state index contributed by atoms with van der Waals surface area (Å²) in [5.41, 5.74) is 0. The molecule has 0 aromatic rings. The SMILES string of the molecule is CC(O)CC(C)NC(=O)C1CCOCC1. The van der Waals surface area contributed by atoms with E-state index < -0.39 is 0 Å². The third kappa shape index (κ3) is 4.62. The van der Waals surface area contributed by atoms with Crippen molar-refractivity contribution in [1.29, 1.82) is 0 Å². The van der Waals surface area contributed by atoms with Crippen molar-refractivity contribution >= 4 is 5.91 Å². The van der Waals surface area contributed by atoms with Crippen LogP contribution in [0.2, 0.25) is 0 Å². The quantitative estimate of drug-likeness (QED) is 0.725. The number of carbonyl (C=O) groups excluding carboxylic acids is 1. The first-order valence-electron chi connectivity index (χ1n) is 5.65. The molecule has 0 radical (unpaired) electrons. The van der Waals surface area contributed by atoms with Gasteiger partial charge in [0.05, 0.1) is 6.10 Å². The monoisotopic (exact) mass is 215 g/mol. The van der Waals surface area contributed by atoms with Crippen molar-refractivity contribution in [2.24, 2.45) is 5.92 Å². The lowest BCUT2D eigenvalue weighted by Gasteiger charge is -2.23. The third-order valence-corrected chi connectivity index (χ3v) is 2.68. The number of nitrogens with one attached hydrogen (secondary N) is 1. The lowest BCUT2D eigenvalue weighted by molar-refractivity contribution is -0.128. The predicted molar refractivity (Wildman–Crippen MR) is 57.4 cm³/mol. The molecule has 0 aromatic heterocycles. The summed E-state index contributed by atoms with van der Waals surface area (Å²) in [6.07, 6.45) is 1.87. The molecule has 2 unspecified atom stereocenters. The lowest BCUT2D eigenvalue weighted by atomic mass is 9.99. The molecule has 1 aliphatic heterocycles.